The molecule has 1 amide bonds. The maximum absolute atomic E-state index is 12.4. The fourth-order valence-corrected chi connectivity index (χ4v) is 4.36. The van der Waals surface area contributed by atoms with Crippen LogP contribution in [0.5, 0.6) is 0 Å². The zero-order valence-corrected chi connectivity index (χ0v) is 12.3. The van der Waals surface area contributed by atoms with Crippen LogP contribution in [0.1, 0.15) is 29.4 Å². The van der Waals surface area contributed by atoms with Crippen LogP contribution in [0, 0.1) is 0 Å². The summed E-state index contributed by atoms with van der Waals surface area (Å²) in [6.07, 6.45) is -4.54. The molecular formula is C12H13F3N2O4S. The van der Waals surface area contributed by atoms with Crippen molar-refractivity contribution >= 4 is 15.7 Å². The predicted molar refractivity (Wildman–Crippen MR) is 71.2 cm³/mol. The van der Waals surface area contributed by atoms with Crippen molar-refractivity contribution in [1.82, 2.24) is 10.3 Å². The van der Waals surface area contributed by atoms with Crippen molar-refractivity contribution in [3.63, 3.8) is 0 Å². The number of amides is 1. The molecule has 1 saturated heterocycles. The van der Waals surface area contributed by atoms with Gasteiger partial charge in [-0.15, -0.1) is 0 Å². The summed E-state index contributed by atoms with van der Waals surface area (Å²) in [7, 11) is -3.27. The Morgan fingerprint density at radius 1 is 1.36 bits per heavy atom. The van der Waals surface area contributed by atoms with Gasteiger partial charge in [0.25, 0.3) is 11.5 Å². The van der Waals surface area contributed by atoms with E-state index in [4.69, 9.17) is 0 Å². The molecule has 0 aliphatic carbocycles. The second-order valence-electron chi connectivity index (χ2n) is 5.47. The number of hydrogen-bond donors (Lipinski definition) is 2. The molecular weight excluding hydrogens is 325 g/mol. The molecule has 0 bridgehead atoms. The third-order valence-electron chi connectivity index (χ3n) is 3.38. The molecule has 10 heteroatoms. The van der Waals surface area contributed by atoms with Gasteiger partial charge in [-0.2, -0.15) is 13.2 Å². The summed E-state index contributed by atoms with van der Waals surface area (Å²) in [6.45, 7) is 1.51. The van der Waals surface area contributed by atoms with Crippen LogP contribution < -0.4 is 10.9 Å². The van der Waals surface area contributed by atoms with E-state index in [1.54, 1.807) is 4.98 Å². The third kappa shape index (κ3) is 3.49. The fraction of sp³-hybridized carbons (Fsp3) is 0.500. The summed E-state index contributed by atoms with van der Waals surface area (Å²) < 4.78 is 60.2. The van der Waals surface area contributed by atoms with Crippen LogP contribution in [-0.4, -0.2) is 36.4 Å². The smallest absolute Gasteiger partial charge is 0.346 e. The SMILES string of the molecule is C[C@@]1(NC(=O)c2ccc(C(F)(F)F)[nH]c2=O)CCS(=O)(=O)C1. The lowest BCUT2D eigenvalue weighted by atomic mass is 10.0. The van der Waals surface area contributed by atoms with Gasteiger partial charge in [0.1, 0.15) is 11.3 Å². The molecule has 22 heavy (non-hydrogen) atoms. The van der Waals surface area contributed by atoms with Gasteiger partial charge in [-0.1, -0.05) is 0 Å². The second-order valence-corrected chi connectivity index (χ2v) is 7.65. The zero-order valence-electron chi connectivity index (χ0n) is 11.5. The van der Waals surface area contributed by atoms with Crippen LogP contribution in [0.4, 0.5) is 13.2 Å². The first kappa shape index (κ1) is 16.5. The van der Waals surface area contributed by atoms with Crippen LogP contribution in [0.2, 0.25) is 0 Å². The van der Waals surface area contributed by atoms with Gasteiger partial charge in [-0.05, 0) is 25.5 Å². The van der Waals surface area contributed by atoms with Gasteiger partial charge in [0.15, 0.2) is 9.84 Å². The van der Waals surface area contributed by atoms with Crippen molar-refractivity contribution in [2.75, 3.05) is 11.5 Å². The van der Waals surface area contributed by atoms with E-state index < -0.39 is 44.3 Å². The normalized spacial score (nSPS) is 24.2. The molecule has 122 valence electrons. The van der Waals surface area contributed by atoms with Gasteiger partial charge in [0, 0.05) is 0 Å². The van der Waals surface area contributed by atoms with E-state index in [0.29, 0.717) is 6.07 Å². The van der Waals surface area contributed by atoms with E-state index in [0.717, 1.165) is 6.07 Å². The number of halogens is 3. The summed E-state index contributed by atoms with van der Waals surface area (Å²) in [5.41, 5.74) is -3.98. The summed E-state index contributed by atoms with van der Waals surface area (Å²) >= 11 is 0. The molecule has 0 radical (unpaired) electrons. The Bertz CT molecular complexity index is 769. The minimum Gasteiger partial charge on any atom is -0.346 e. The van der Waals surface area contributed by atoms with Crippen LogP contribution in [0.25, 0.3) is 0 Å². The average molecular weight is 338 g/mol. The van der Waals surface area contributed by atoms with Gasteiger partial charge in [0.2, 0.25) is 0 Å². The highest BCUT2D eigenvalue weighted by molar-refractivity contribution is 7.91. The lowest BCUT2D eigenvalue weighted by Crippen LogP contribution is -2.48. The Labute approximate surface area is 123 Å². The monoisotopic (exact) mass is 338 g/mol. The van der Waals surface area contributed by atoms with Crippen LogP contribution in [0.15, 0.2) is 16.9 Å². The number of carbonyl (C=O) groups excluding carboxylic acids is 1. The highest BCUT2D eigenvalue weighted by Gasteiger charge is 2.40. The maximum Gasteiger partial charge on any atom is 0.431 e. The van der Waals surface area contributed by atoms with Gasteiger partial charge >= 0.3 is 6.18 Å². The van der Waals surface area contributed by atoms with E-state index in [2.05, 4.69) is 5.32 Å². The lowest BCUT2D eigenvalue weighted by molar-refractivity contribution is -0.141. The zero-order chi connectivity index (χ0) is 16.8. The van der Waals surface area contributed by atoms with Crippen LogP contribution in [-0.2, 0) is 16.0 Å². The van der Waals surface area contributed by atoms with Crippen molar-refractivity contribution < 1.29 is 26.4 Å². The summed E-state index contributed by atoms with van der Waals surface area (Å²) in [4.78, 5) is 25.2. The van der Waals surface area contributed by atoms with Crippen molar-refractivity contribution in [2.24, 2.45) is 0 Å². The first-order valence-corrected chi connectivity index (χ1v) is 8.08. The molecule has 1 aromatic rings. The standard InChI is InChI=1S/C12H13F3N2O4S/c1-11(4-5-22(20,21)6-11)17-10(19)7-2-3-8(12(13,14)15)16-9(7)18/h2-3H,4-6H2,1H3,(H,16,18)(H,17,19)/t11-/m1/s1. The molecule has 0 spiro atoms. The van der Waals surface area contributed by atoms with E-state index in [9.17, 15) is 31.2 Å². The summed E-state index contributed by atoms with van der Waals surface area (Å²) in [5.74, 6) is -1.27. The Hall–Kier alpha value is -1.84. The van der Waals surface area contributed by atoms with Crippen molar-refractivity contribution in [2.45, 2.75) is 25.1 Å². The molecule has 1 aliphatic heterocycles. The van der Waals surface area contributed by atoms with Crippen LogP contribution >= 0.6 is 0 Å². The Morgan fingerprint density at radius 3 is 2.45 bits per heavy atom. The molecule has 2 rings (SSSR count). The number of H-pyrrole nitrogens is 1. The van der Waals surface area contributed by atoms with E-state index >= 15 is 0 Å². The topological polar surface area (TPSA) is 96.1 Å². The van der Waals surface area contributed by atoms with Gasteiger partial charge in [-0.25, -0.2) is 8.42 Å². The Kier molecular flexibility index (Phi) is 3.84. The van der Waals surface area contributed by atoms with E-state index in [-0.39, 0.29) is 17.9 Å². The van der Waals surface area contributed by atoms with Gasteiger partial charge < -0.3 is 10.3 Å². The molecule has 1 aromatic heterocycles. The first-order chi connectivity index (χ1) is 9.92. The number of carbonyl (C=O) groups is 1. The third-order valence-corrected chi connectivity index (χ3v) is 5.28. The van der Waals surface area contributed by atoms with Crippen molar-refractivity contribution in [3.8, 4) is 0 Å². The number of rotatable bonds is 2. The lowest BCUT2D eigenvalue weighted by Gasteiger charge is -2.23. The second kappa shape index (κ2) is 5.11. The number of pyridine rings is 1. The number of aromatic nitrogens is 1. The van der Waals surface area contributed by atoms with E-state index in [1.807, 2.05) is 0 Å². The van der Waals surface area contributed by atoms with E-state index in [1.165, 1.54) is 6.92 Å². The van der Waals surface area contributed by atoms with Crippen molar-refractivity contribution in [1.29, 1.82) is 0 Å². The first-order valence-electron chi connectivity index (χ1n) is 6.25. The molecule has 1 atom stereocenters. The summed E-state index contributed by atoms with van der Waals surface area (Å²) in [6, 6.07) is 1.35. The maximum atomic E-state index is 12.4. The van der Waals surface area contributed by atoms with Crippen molar-refractivity contribution in [3.05, 3.63) is 33.7 Å². The molecule has 0 unspecified atom stereocenters. The highest BCUT2D eigenvalue weighted by Crippen LogP contribution is 2.27. The predicted octanol–water partition coefficient (Wildman–Crippen LogP) is 0.701. The molecule has 0 saturated carbocycles. The molecule has 2 heterocycles. The molecule has 0 aromatic carbocycles. The largest absolute Gasteiger partial charge is 0.431 e. The van der Waals surface area contributed by atoms with Gasteiger partial charge in [0.05, 0.1) is 17.0 Å². The number of alkyl halides is 3. The van der Waals surface area contributed by atoms with Crippen LogP contribution in [0.3, 0.4) is 0 Å². The van der Waals surface area contributed by atoms with Gasteiger partial charge in [-0.3, -0.25) is 9.59 Å². The average Bonchev–Trinajstić information content (AvgIpc) is 2.61. The Balaban J connectivity index is 2.23. The highest BCUT2D eigenvalue weighted by atomic mass is 32.2. The number of sulfone groups is 1. The fourth-order valence-electron chi connectivity index (χ4n) is 2.27. The number of aromatic amines is 1. The Morgan fingerprint density at radius 2 is 2.00 bits per heavy atom. The summed E-state index contributed by atoms with van der Waals surface area (Å²) in [5, 5.41) is 2.41. The number of hydrogen-bond acceptors (Lipinski definition) is 4. The minimum absolute atomic E-state index is 0.0901. The molecule has 1 aliphatic rings. The minimum atomic E-state index is -4.72. The number of nitrogens with one attached hydrogen (secondary N) is 2. The molecule has 6 nitrogen and oxygen atoms in total. The molecule has 1 fully saturated rings. The molecule has 2 N–H and O–H groups in total. The quantitative estimate of drug-likeness (QED) is 0.830.